The Morgan fingerprint density at radius 1 is 1.10 bits per heavy atom. The molecule has 0 spiro atoms. The van der Waals surface area contributed by atoms with Crippen molar-refractivity contribution in [3.05, 3.63) is 42.5 Å². The van der Waals surface area contributed by atoms with Crippen LogP contribution in [0.25, 0.3) is 11.4 Å². The second-order valence-corrected chi connectivity index (χ2v) is 17.3. The number of hydrogen-bond acceptors (Lipinski definition) is 9. The maximum Gasteiger partial charge on any atom is 0.241 e. The number of hydrogen-bond donors (Lipinski definition) is 0. The van der Waals surface area contributed by atoms with E-state index >= 15 is 0 Å². The highest BCUT2D eigenvalue weighted by Crippen LogP contribution is 2.40. The number of nitrogens with zero attached hydrogens (tertiary/aromatic N) is 6. The van der Waals surface area contributed by atoms with Gasteiger partial charge in [0.05, 0.1) is 43.0 Å². The van der Waals surface area contributed by atoms with Crippen LogP contribution >= 0.6 is 10.0 Å². The summed E-state index contributed by atoms with van der Waals surface area (Å²) in [6.45, 7) is 4.36. The summed E-state index contributed by atoms with van der Waals surface area (Å²) in [5.74, 6) is 2.60. The summed E-state index contributed by atoms with van der Waals surface area (Å²) >= 11 is 0. The molecule has 13 heteroatoms. The topological polar surface area (TPSA) is 122 Å². The van der Waals surface area contributed by atoms with E-state index in [-0.39, 0.29) is 25.1 Å². The Morgan fingerprint density at radius 3 is 2.44 bits per heavy atom. The number of sulfonamides is 1. The molecule has 0 unspecified atom stereocenters. The predicted octanol–water partition coefficient (Wildman–Crippen LogP) is 3.35. The van der Waals surface area contributed by atoms with E-state index in [4.69, 9.17) is 14.2 Å². The Kier molecular flexibility index (Phi) is 8.72. The molecule has 1 aliphatic heterocycles. The Labute approximate surface area is 232 Å². The number of fused-ring (bicyclic) bond motifs is 3. The summed E-state index contributed by atoms with van der Waals surface area (Å²) in [7, 11) is -1.83. The van der Waals surface area contributed by atoms with Crippen molar-refractivity contribution >= 4 is 26.0 Å². The van der Waals surface area contributed by atoms with Crippen LogP contribution in [0, 0.1) is 0 Å². The molecule has 2 aromatic heterocycles. The molecule has 4 rings (SSSR count). The largest absolute Gasteiger partial charge is 0.494 e. The van der Waals surface area contributed by atoms with Crippen LogP contribution < -0.4 is 13.8 Å². The van der Waals surface area contributed by atoms with Gasteiger partial charge in [-0.25, -0.2) is 32.7 Å². The fraction of sp³-hybridized carbons (Fsp3) is 0.538. The molecule has 39 heavy (non-hydrogen) atoms. The molecule has 3 heterocycles. The van der Waals surface area contributed by atoms with Crippen LogP contribution in [0.4, 0.5) is 5.95 Å². The van der Waals surface area contributed by atoms with Crippen LogP contribution in [0.5, 0.6) is 11.5 Å². The quantitative estimate of drug-likeness (QED) is 0.337. The molecule has 0 fully saturated rings. The van der Waals surface area contributed by atoms with Crippen LogP contribution in [-0.2, 0) is 14.8 Å². The first-order valence-electron chi connectivity index (χ1n) is 12.7. The summed E-state index contributed by atoms with van der Waals surface area (Å²) in [5.41, 5.74) is 0.752. The molecule has 11 nitrogen and oxygen atoms in total. The average Bonchev–Trinajstić information content (AvgIpc) is 3.27. The van der Waals surface area contributed by atoms with E-state index in [0.717, 1.165) is 5.56 Å². The third kappa shape index (κ3) is 6.15. The second kappa shape index (κ2) is 11.7. The van der Waals surface area contributed by atoms with Crippen LogP contribution in [-0.4, -0.2) is 96.9 Å². The molecular weight excluding hydrogens is 540 g/mol. The normalized spacial score (nSPS) is 17.3. The zero-order valence-electron chi connectivity index (χ0n) is 23.6. The van der Waals surface area contributed by atoms with Crippen molar-refractivity contribution in [2.24, 2.45) is 0 Å². The number of para-hydroxylation sites is 1. The molecule has 0 amide bonds. The molecule has 0 aliphatic carbocycles. The highest BCUT2D eigenvalue weighted by Gasteiger charge is 2.39. The van der Waals surface area contributed by atoms with Crippen molar-refractivity contribution < 1.29 is 22.6 Å². The summed E-state index contributed by atoms with van der Waals surface area (Å²) in [5, 5.41) is 8.13. The second-order valence-electron chi connectivity index (χ2n) is 10.5. The molecule has 3 atom stereocenters. The number of rotatable bonds is 11. The number of aromatic nitrogens is 5. The van der Waals surface area contributed by atoms with Crippen molar-refractivity contribution in [3.63, 3.8) is 0 Å². The molecule has 3 aromatic rings. The van der Waals surface area contributed by atoms with Crippen molar-refractivity contribution in [1.29, 1.82) is 0 Å². The van der Waals surface area contributed by atoms with Crippen LogP contribution in [0.1, 0.15) is 31.6 Å². The number of methoxy groups -OCH3 is 2. The van der Waals surface area contributed by atoms with Crippen molar-refractivity contribution in [3.8, 4) is 22.9 Å². The van der Waals surface area contributed by atoms with Crippen LogP contribution in [0.15, 0.2) is 36.7 Å². The summed E-state index contributed by atoms with van der Waals surface area (Å²) in [4.78, 5) is 8.71. The van der Waals surface area contributed by atoms with E-state index in [1.165, 1.54) is 11.4 Å². The zero-order chi connectivity index (χ0) is 28.4. The van der Waals surface area contributed by atoms with Gasteiger partial charge >= 0.3 is 0 Å². The molecule has 0 bridgehead atoms. The predicted molar refractivity (Wildman–Crippen MR) is 155 cm³/mol. The third-order valence-corrected chi connectivity index (χ3v) is 10.6. The number of ether oxygens (including phenoxy) is 3. The summed E-state index contributed by atoms with van der Waals surface area (Å²) < 4.78 is 48.8. The first kappa shape index (κ1) is 29.1. The van der Waals surface area contributed by atoms with E-state index in [0.29, 0.717) is 35.5 Å². The lowest BCUT2D eigenvalue weighted by molar-refractivity contribution is 0.126. The maximum atomic E-state index is 14.4. The Bertz CT molecular complexity index is 1370. The standard InChI is InChI=1S/C26H38N6O5S2/c1-18(24-27-14-21(36-4)15-28-24)19(2)39(33,34)31(12-13-38(5,6)7)26-30-29-25-22-10-8-9-11-23(22)37-17-20(16-35-3)32(25)26/h8-11,14-15,18-20H,12-13,16-17H2,1-7H3/t18-,19-,20+/m0/s1. The van der Waals surface area contributed by atoms with Crippen LogP contribution in [0.2, 0.25) is 0 Å². The van der Waals surface area contributed by atoms with Gasteiger partial charge < -0.3 is 14.2 Å². The fourth-order valence-corrected chi connectivity index (χ4v) is 6.94. The van der Waals surface area contributed by atoms with E-state index < -0.39 is 31.2 Å². The maximum absolute atomic E-state index is 14.4. The SMILES string of the molecule is COC[C@@H]1COc2ccccc2-c2nnc(N(CCS(C)(C)C)S(=O)(=O)[C@@H](C)[C@H](C)c3ncc(OC)cn3)n21. The van der Waals surface area contributed by atoms with Gasteiger partial charge in [0.2, 0.25) is 16.0 Å². The van der Waals surface area contributed by atoms with E-state index in [1.54, 1.807) is 26.4 Å². The Hall–Kier alpha value is -2.90. The Balaban J connectivity index is 1.81. The van der Waals surface area contributed by atoms with Crippen molar-refractivity contribution in [2.45, 2.75) is 31.1 Å². The van der Waals surface area contributed by atoms with Crippen molar-refractivity contribution in [1.82, 2.24) is 24.7 Å². The van der Waals surface area contributed by atoms with Gasteiger partial charge in [-0.15, -0.1) is 10.2 Å². The lowest BCUT2D eigenvalue weighted by Crippen LogP contribution is -2.44. The molecule has 0 N–H and O–H groups in total. The molecule has 214 valence electrons. The van der Waals surface area contributed by atoms with Crippen molar-refractivity contribution in [2.75, 3.05) is 62.8 Å². The lowest BCUT2D eigenvalue weighted by Gasteiger charge is -2.33. The minimum absolute atomic E-state index is 0.255. The fourth-order valence-electron chi connectivity index (χ4n) is 4.36. The zero-order valence-corrected chi connectivity index (χ0v) is 25.2. The van der Waals surface area contributed by atoms with Gasteiger partial charge in [0.15, 0.2) is 11.6 Å². The molecule has 1 aromatic carbocycles. The molecule has 0 saturated carbocycles. The summed E-state index contributed by atoms with van der Waals surface area (Å²) in [6, 6.07) is 7.23. The monoisotopic (exact) mass is 578 g/mol. The van der Waals surface area contributed by atoms with Gasteiger partial charge in [0.25, 0.3) is 0 Å². The molecular formula is C26H38N6O5S2. The first-order valence-corrected chi connectivity index (χ1v) is 17.2. The Morgan fingerprint density at radius 2 is 1.79 bits per heavy atom. The number of benzene rings is 1. The third-order valence-electron chi connectivity index (χ3n) is 6.86. The highest BCUT2D eigenvalue weighted by molar-refractivity contribution is 8.32. The highest BCUT2D eigenvalue weighted by atomic mass is 32.3. The van der Waals surface area contributed by atoms with E-state index in [2.05, 4.69) is 38.9 Å². The minimum Gasteiger partial charge on any atom is -0.494 e. The number of anilines is 1. The molecule has 0 radical (unpaired) electrons. The lowest BCUT2D eigenvalue weighted by atomic mass is 10.1. The smallest absolute Gasteiger partial charge is 0.241 e. The minimum atomic E-state index is -3.94. The van der Waals surface area contributed by atoms with Gasteiger partial charge in [0, 0.05) is 19.6 Å². The van der Waals surface area contributed by atoms with E-state index in [1.807, 2.05) is 35.8 Å². The molecule has 0 saturated heterocycles. The summed E-state index contributed by atoms with van der Waals surface area (Å²) in [6.07, 6.45) is 9.58. The van der Waals surface area contributed by atoms with Gasteiger partial charge in [-0.2, -0.15) is 0 Å². The molecule has 1 aliphatic rings. The average molecular weight is 579 g/mol. The first-order chi connectivity index (χ1) is 18.5. The van der Waals surface area contributed by atoms with Gasteiger partial charge in [-0.1, -0.05) is 19.1 Å². The van der Waals surface area contributed by atoms with E-state index in [9.17, 15) is 8.42 Å². The van der Waals surface area contributed by atoms with Crippen LogP contribution in [0.3, 0.4) is 0 Å². The van der Waals surface area contributed by atoms with Gasteiger partial charge in [-0.05, 0) is 43.6 Å². The van der Waals surface area contributed by atoms with Gasteiger partial charge in [0.1, 0.15) is 18.2 Å². The van der Waals surface area contributed by atoms with Gasteiger partial charge in [-0.3, -0.25) is 4.57 Å².